The summed E-state index contributed by atoms with van der Waals surface area (Å²) in [7, 11) is 1.59. The van der Waals surface area contributed by atoms with Crippen LogP contribution in [-0.4, -0.2) is 24.4 Å². The molecule has 1 rings (SSSR count). The quantitative estimate of drug-likeness (QED) is 0.869. The van der Waals surface area contributed by atoms with E-state index < -0.39 is 5.54 Å². The molecule has 4 nitrogen and oxygen atoms in total. The van der Waals surface area contributed by atoms with Crippen molar-refractivity contribution >= 4 is 35.0 Å². The van der Waals surface area contributed by atoms with E-state index >= 15 is 0 Å². The van der Waals surface area contributed by atoms with Crippen LogP contribution in [0.25, 0.3) is 0 Å². The van der Waals surface area contributed by atoms with E-state index in [1.165, 1.54) is 0 Å². The fourth-order valence-electron chi connectivity index (χ4n) is 1.77. The maximum atomic E-state index is 12.3. The molecule has 0 unspecified atom stereocenters. The summed E-state index contributed by atoms with van der Waals surface area (Å²) in [5, 5.41) is 6.36. The largest absolute Gasteiger partial charge is 0.359 e. The van der Waals surface area contributed by atoms with Crippen molar-refractivity contribution in [1.82, 2.24) is 10.6 Å². The van der Waals surface area contributed by atoms with Crippen LogP contribution in [0.2, 0.25) is 10.0 Å². The van der Waals surface area contributed by atoms with E-state index in [0.29, 0.717) is 28.5 Å². The van der Waals surface area contributed by atoms with Gasteiger partial charge in [-0.15, -0.1) is 0 Å². The Labute approximate surface area is 135 Å². The van der Waals surface area contributed by atoms with Crippen molar-refractivity contribution in [2.24, 2.45) is 0 Å². The van der Waals surface area contributed by atoms with Crippen molar-refractivity contribution in [3.05, 3.63) is 33.3 Å². The molecule has 0 atom stereocenters. The van der Waals surface area contributed by atoms with Gasteiger partial charge in [-0.3, -0.25) is 9.59 Å². The van der Waals surface area contributed by atoms with Crippen molar-refractivity contribution in [1.29, 1.82) is 0 Å². The highest BCUT2D eigenvalue weighted by atomic mass is 35.5. The number of rotatable bonds is 5. The molecule has 21 heavy (non-hydrogen) atoms. The van der Waals surface area contributed by atoms with Crippen LogP contribution in [0.4, 0.5) is 0 Å². The number of hydrogen-bond acceptors (Lipinski definition) is 2. The Morgan fingerprint density at radius 2 is 1.71 bits per heavy atom. The van der Waals surface area contributed by atoms with E-state index in [-0.39, 0.29) is 11.8 Å². The molecular weight excluding hydrogens is 311 g/mol. The topological polar surface area (TPSA) is 58.2 Å². The highest BCUT2D eigenvalue weighted by Gasteiger charge is 2.22. The molecule has 0 bridgehead atoms. The minimum absolute atomic E-state index is 0.0567. The third-order valence-electron chi connectivity index (χ3n) is 3.25. The monoisotopic (exact) mass is 330 g/mol. The SMILES string of the molecule is CNC(=O)CCC(C)(C)NC(=O)c1cc(Cl)c(C)c(Cl)c1. The molecular formula is C15H20Cl2N2O2. The number of nitrogens with one attached hydrogen (secondary N) is 2. The molecule has 0 saturated heterocycles. The minimum atomic E-state index is -0.507. The summed E-state index contributed by atoms with van der Waals surface area (Å²) in [6, 6.07) is 3.18. The molecule has 6 heteroatoms. The molecule has 2 N–H and O–H groups in total. The van der Waals surface area contributed by atoms with Gasteiger partial charge in [-0.25, -0.2) is 0 Å². The zero-order valence-corrected chi connectivity index (χ0v) is 14.2. The summed E-state index contributed by atoms with van der Waals surface area (Å²) in [6.45, 7) is 5.52. The van der Waals surface area contributed by atoms with Gasteiger partial charge in [0.2, 0.25) is 5.91 Å². The van der Waals surface area contributed by atoms with E-state index in [1.807, 2.05) is 13.8 Å². The first-order chi connectivity index (χ1) is 9.66. The second-order valence-electron chi connectivity index (χ2n) is 5.58. The molecule has 1 aromatic carbocycles. The van der Waals surface area contributed by atoms with Crippen LogP contribution >= 0.6 is 23.2 Å². The van der Waals surface area contributed by atoms with Crippen LogP contribution in [0.1, 0.15) is 42.6 Å². The van der Waals surface area contributed by atoms with Crippen LogP contribution in [-0.2, 0) is 4.79 Å². The average Bonchev–Trinajstić information content (AvgIpc) is 2.41. The molecule has 1 aromatic rings. The summed E-state index contributed by atoms with van der Waals surface area (Å²) in [6.07, 6.45) is 0.880. The van der Waals surface area contributed by atoms with Gasteiger partial charge in [0, 0.05) is 34.6 Å². The van der Waals surface area contributed by atoms with Crippen molar-refractivity contribution in [3.8, 4) is 0 Å². The summed E-state index contributed by atoms with van der Waals surface area (Å²) in [5.74, 6) is -0.320. The van der Waals surface area contributed by atoms with Gasteiger partial charge in [0.1, 0.15) is 0 Å². The van der Waals surface area contributed by atoms with Gasteiger partial charge in [-0.2, -0.15) is 0 Å². The van der Waals surface area contributed by atoms with E-state index in [4.69, 9.17) is 23.2 Å². The van der Waals surface area contributed by atoms with Crippen molar-refractivity contribution in [2.45, 2.75) is 39.2 Å². The molecule has 0 aromatic heterocycles. The summed E-state index contributed by atoms with van der Waals surface area (Å²) in [5.41, 5.74) is 0.644. The van der Waals surface area contributed by atoms with Gasteiger partial charge < -0.3 is 10.6 Å². The van der Waals surface area contributed by atoms with Gasteiger partial charge in [-0.1, -0.05) is 23.2 Å². The highest BCUT2D eigenvalue weighted by molar-refractivity contribution is 6.36. The molecule has 0 saturated carbocycles. The summed E-state index contributed by atoms with van der Waals surface area (Å²) < 4.78 is 0. The lowest BCUT2D eigenvalue weighted by Gasteiger charge is -2.26. The fourth-order valence-corrected chi connectivity index (χ4v) is 2.26. The number of halogens is 2. The number of carbonyl (C=O) groups excluding carboxylic acids is 2. The third-order valence-corrected chi connectivity index (χ3v) is 4.04. The second-order valence-corrected chi connectivity index (χ2v) is 6.39. The Morgan fingerprint density at radius 3 is 2.19 bits per heavy atom. The molecule has 116 valence electrons. The molecule has 0 aliphatic rings. The van der Waals surface area contributed by atoms with Crippen molar-refractivity contribution in [2.75, 3.05) is 7.05 Å². The van der Waals surface area contributed by atoms with E-state index in [0.717, 1.165) is 5.56 Å². The Hall–Kier alpha value is -1.26. The zero-order valence-electron chi connectivity index (χ0n) is 12.6. The van der Waals surface area contributed by atoms with Crippen LogP contribution in [0.5, 0.6) is 0 Å². The first-order valence-corrected chi connectivity index (χ1v) is 7.40. The van der Waals surface area contributed by atoms with Crippen LogP contribution < -0.4 is 10.6 Å². The summed E-state index contributed by atoms with van der Waals surface area (Å²) >= 11 is 12.1. The van der Waals surface area contributed by atoms with Gasteiger partial charge in [0.15, 0.2) is 0 Å². The number of hydrogen-bond donors (Lipinski definition) is 2. The van der Waals surface area contributed by atoms with Crippen LogP contribution in [0.15, 0.2) is 12.1 Å². The van der Waals surface area contributed by atoms with Gasteiger partial charge in [0.25, 0.3) is 5.91 Å². The molecule has 0 radical (unpaired) electrons. The number of amides is 2. The van der Waals surface area contributed by atoms with E-state index in [9.17, 15) is 9.59 Å². The first-order valence-electron chi connectivity index (χ1n) is 6.65. The molecule has 0 aliphatic carbocycles. The molecule has 0 heterocycles. The average molecular weight is 331 g/mol. The van der Waals surface area contributed by atoms with Gasteiger partial charge in [-0.05, 0) is 44.9 Å². The van der Waals surface area contributed by atoms with Gasteiger partial charge >= 0.3 is 0 Å². The van der Waals surface area contributed by atoms with Crippen molar-refractivity contribution < 1.29 is 9.59 Å². The predicted molar refractivity (Wildman–Crippen MR) is 86.0 cm³/mol. The minimum Gasteiger partial charge on any atom is -0.359 e. The number of benzene rings is 1. The molecule has 0 aliphatic heterocycles. The number of carbonyl (C=O) groups is 2. The Balaban J connectivity index is 2.78. The summed E-state index contributed by atoms with van der Waals surface area (Å²) in [4.78, 5) is 23.5. The lowest BCUT2D eigenvalue weighted by molar-refractivity contribution is -0.121. The maximum absolute atomic E-state index is 12.3. The highest BCUT2D eigenvalue weighted by Crippen LogP contribution is 2.26. The van der Waals surface area contributed by atoms with Gasteiger partial charge in [0.05, 0.1) is 0 Å². The van der Waals surface area contributed by atoms with E-state index in [1.54, 1.807) is 26.1 Å². The standard InChI is InChI=1S/C15H20Cl2N2O2/c1-9-11(16)7-10(8-12(9)17)14(21)19-15(2,3)6-5-13(20)18-4/h7-8H,5-6H2,1-4H3,(H,18,20)(H,19,21). The molecule has 0 fully saturated rings. The normalized spacial score (nSPS) is 11.1. The predicted octanol–water partition coefficient (Wildman–Crippen LogP) is 3.34. The first kappa shape index (κ1) is 17.8. The maximum Gasteiger partial charge on any atom is 0.251 e. The third kappa shape index (κ3) is 5.21. The van der Waals surface area contributed by atoms with Crippen LogP contribution in [0, 0.1) is 6.92 Å². The van der Waals surface area contributed by atoms with Crippen LogP contribution in [0.3, 0.4) is 0 Å². The molecule has 2 amide bonds. The lowest BCUT2D eigenvalue weighted by atomic mass is 9.97. The van der Waals surface area contributed by atoms with Crippen molar-refractivity contribution in [3.63, 3.8) is 0 Å². The lowest BCUT2D eigenvalue weighted by Crippen LogP contribution is -2.44. The Kier molecular flexibility index (Phi) is 6.05. The fraction of sp³-hybridized carbons (Fsp3) is 0.467. The Bertz CT molecular complexity index is 534. The second kappa shape index (κ2) is 7.14. The van der Waals surface area contributed by atoms with E-state index in [2.05, 4.69) is 10.6 Å². The molecule has 0 spiro atoms. The zero-order chi connectivity index (χ0) is 16.2. The Morgan fingerprint density at radius 1 is 1.19 bits per heavy atom. The smallest absolute Gasteiger partial charge is 0.251 e.